The predicted molar refractivity (Wildman–Crippen MR) is 118 cm³/mol. The first kappa shape index (κ1) is 22.1. The maximum atomic E-state index is 5.43. The van der Waals surface area contributed by atoms with Crippen LogP contribution in [0.3, 0.4) is 0 Å². The average Bonchev–Trinajstić information content (AvgIpc) is 3.45. The van der Waals surface area contributed by atoms with E-state index in [2.05, 4.69) is 62.7 Å². The number of benzene rings is 1. The van der Waals surface area contributed by atoms with Crippen molar-refractivity contribution in [1.82, 2.24) is 25.7 Å². The number of aliphatic imine (C=N–C) groups is 1. The summed E-state index contributed by atoms with van der Waals surface area (Å²) in [7, 11) is 3.50. The minimum atomic E-state index is 0.268. The van der Waals surface area contributed by atoms with Crippen LogP contribution in [0.4, 0.5) is 0 Å². The zero-order chi connectivity index (χ0) is 21.3. The standard InChI is InChI=1S/C22H34N6O2/c1-16(2)21-26-20(30-27-21)10-11-24-22(23-3)25-15-19(28-12-5-6-13-28)17-8-7-9-18(14-17)29-4/h7-9,14,16,19H,5-6,10-13,15H2,1-4H3,(H2,23,24,25). The number of hydrogen-bond acceptors (Lipinski definition) is 6. The summed E-state index contributed by atoms with van der Waals surface area (Å²) in [6.07, 6.45) is 3.15. The van der Waals surface area contributed by atoms with Crippen molar-refractivity contribution in [1.29, 1.82) is 0 Å². The number of guanidine groups is 1. The van der Waals surface area contributed by atoms with Crippen molar-refractivity contribution >= 4 is 5.96 Å². The van der Waals surface area contributed by atoms with Gasteiger partial charge >= 0.3 is 0 Å². The number of rotatable bonds is 9. The van der Waals surface area contributed by atoms with E-state index >= 15 is 0 Å². The summed E-state index contributed by atoms with van der Waals surface area (Å²) in [6, 6.07) is 8.61. The Bertz CT molecular complexity index is 813. The number of hydrogen-bond donors (Lipinski definition) is 2. The van der Waals surface area contributed by atoms with Gasteiger partial charge in [0.15, 0.2) is 11.8 Å². The summed E-state index contributed by atoms with van der Waals surface area (Å²) >= 11 is 0. The fourth-order valence-electron chi connectivity index (χ4n) is 3.67. The normalized spacial score (nSPS) is 16.1. The third-order valence-corrected chi connectivity index (χ3v) is 5.38. The maximum Gasteiger partial charge on any atom is 0.228 e. The molecule has 0 bridgehead atoms. The van der Waals surface area contributed by atoms with Gasteiger partial charge in [-0.1, -0.05) is 31.1 Å². The van der Waals surface area contributed by atoms with E-state index in [0.717, 1.165) is 37.2 Å². The van der Waals surface area contributed by atoms with Crippen molar-refractivity contribution < 1.29 is 9.26 Å². The summed E-state index contributed by atoms with van der Waals surface area (Å²) in [5.74, 6) is 3.32. The molecule has 1 saturated heterocycles. The molecule has 1 aliphatic heterocycles. The highest BCUT2D eigenvalue weighted by molar-refractivity contribution is 5.79. The van der Waals surface area contributed by atoms with Gasteiger partial charge in [0.2, 0.25) is 5.89 Å². The van der Waals surface area contributed by atoms with Crippen LogP contribution < -0.4 is 15.4 Å². The molecule has 0 spiro atoms. The minimum Gasteiger partial charge on any atom is -0.497 e. The van der Waals surface area contributed by atoms with Gasteiger partial charge in [0.1, 0.15) is 5.75 Å². The number of ether oxygens (including phenoxy) is 1. The van der Waals surface area contributed by atoms with Gasteiger partial charge in [-0.2, -0.15) is 4.98 Å². The van der Waals surface area contributed by atoms with E-state index in [-0.39, 0.29) is 12.0 Å². The molecule has 2 N–H and O–H groups in total. The summed E-state index contributed by atoms with van der Waals surface area (Å²) in [4.78, 5) is 11.3. The molecule has 0 amide bonds. The highest BCUT2D eigenvalue weighted by atomic mass is 16.5. The molecule has 0 radical (unpaired) electrons. The Morgan fingerprint density at radius 3 is 2.73 bits per heavy atom. The zero-order valence-electron chi connectivity index (χ0n) is 18.5. The predicted octanol–water partition coefficient (Wildman–Crippen LogP) is 2.75. The largest absolute Gasteiger partial charge is 0.497 e. The molecule has 1 unspecified atom stereocenters. The van der Waals surface area contributed by atoms with Crippen molar-refractivity contribution in [3.8, 4) is 5.75 Å². The van der Waals surface area contributed by atoms with E-state index in [9.17, 15) is 0 Å². The number of nitrogens with zero attached hydrogens (tertiary/aromatic N) is 4. The molecular weight excluding hydrogens is 380 g/mol. The highest BCUT2D eigenvalue weighted by Crippen LogP contribution is 2.27. The van der Waals surface area contributed by atoms with Crippen LogP contribution in [0.25, 0.3) is 0 Å². The van der Waals surface area contributed by atoms with E-state index in [1.807, 2.05) is 6.07 Å². The van der Waals surface area contributed by atoms with E-state index in [4.69, 9.17) is 9.26 Å². The lowest BCUT2D eigenvalue weighted by molar-refractivity contribution is 0.245. The summed E-state index contributed by atoms with van der Waals surface area (Å²) in [5, 5.41) is 10.8. The lowest BCUT2D eigenvalue weighted by Gasteiger charge is -2.29. The molecule has 8 nitrogen and oxygen atoms in total. The van der Waals surface area contributed by atoms with E-state index in [0.29, 0.717) is 18.9 Å². The van der Waals surface area contributed by atoms with Crippen LogP contribution in [0.5, 0.6) is 5.75 Å². The van der Waals surface area contributed by atoms with Crippen molar-refractivity contribution in [2.75, 3.05) is 40.3 Å². The van der Waals surface area contributed by atoms with Crippen LogP contribution in [0.15, 0.2) is 33.8 Å². The fraction of sp³-hybridized carbons (Fsp3) is 0.591. The van der Waals surface area contributed by atoms with Crippen LogP contribution in [0.1, 0.15) is 55.9 Å². The third-order valence-electron chi connectivity index (χ3n) is 5.38. The Morgan fingerprint density at radius 2 is 2.07 bits per heavy atom. The molecule has 0 saturated carbocycles. The smallest absolute Gasteiger partial charge is 0.228 e. The SMILES string of the molecule is CN=C(NCCc1nc(C(C)C)no1)NCC(c1cccc(OC)c1)N1CCCC1. The molecule has 2 heterocycles. The van der Waals surface area contributed by atoms with E-state index < -0.39 is 0 Å². The van der Waals surface area contributed by atoms with Crippen LogP contribution in [0.2, 0.25) is 0 Å². The molecule has 1 aromatic carbocycles. The lowest BCUT2D eigenvalue weighted by Crippen LogP contribution is -2.43. The van der Waals surface area contributed by atoms with Gasteiger partial charge in [-0.3, -0.25) is 9.89 Å². The van der Waals surface area contributed by atoms with Crippen molar-refractivity contribution in [2.24, 2.45) is 4.99 Å². The molecule has 30 heavy (non-hydrogen) atoms. The van der Waals surface area contributed by atoms with Crippen LogP contribution in [-0.4, -0.2) is 61.3 Å². The Labute approximate surface area is 179 Å². The average molecular weight is 415 g/mol. The van der Waals surface area contributed by atoms with Gasteiger partial charge in [0, 0.05) is 32.5 Å². The van der Waals surface area contributed by atoms with Gasteiger partial charge in [0.05, 0.1) is 13.2 Å². The fourth-order valence-corrected chi connectivity index (χ4v) is 3.67. The Hall–Kier alpha value is -2.61. The second-order valence-electron chi connectivity index (χ2n) is 7.87. The van der Waals surface area contributed by atoms with Crippen LogP contribution in [0, 0.1) is 0 Å². The zero-order valence-corrected chi connectivity index (χ0v) is 18.5. The van der Waals surface area contributed by atoms with Gasteiger partial charge < -0.3 is 19.9 Å². The van der Waals surface area contributed by atoms with Gasteiger partial charge in [-0.25, -0.2) is 0 Å². The van der Waals surface area contributed by atoms with Crippen LogP contribution >= 0.6 is 0 Å². The van der Waals surface area contributed by atoms with Crippen LogP contribution in [-0.2, 0) is 6.42 Å². The number of likely N-dealkylation sites (tertiary alicyclic amines) is 1. The monoisotopic (exact) mass is 414 g/mol. The molecule has 1 fully saturated rings. The number of methoxy groups -OCH3 is 1. The molecular formula is C22H34N6O2. The minimum absolute atomic E-state index is 0.268. The topological polar surface area (TPSA) is 87.8 Å². The Kier molecular flexibility index (Phi) is 8.07. The summed E-state index contributed by atoms with van der Waals surface area (Å²) in [6.45, 7) is 7.78. The van der Waals surface area contributed by atoms with Crippen molar-refractivity contribution in [3.63, 3.8) is 0 Å². The second kappa shape index (κ2) is 11.0. The molecule has 0 aliphatic carbocycles. The van der Waals surface area contributed by atoms with E-state index in [1.165, 1.54) is 18.4 Å². The first-order chi connectivity index (χ1) is 14.6. The number of aromatic nitrogens is 2. The quantitative estimate of drug-likeness (QED) is 0.482. The molecule has 8 heteroatoms. The first-order valence-electron chi connectivity index (χ1n) is 10.8. The third kappa shape index (κ3) is 5.95. The number of nitrogens with one attached hydrogen (secondary N) is 2. The van der Waals surface area contributed by atoms with Crippen molar-refractivity contribution in [2.45, 2.75) is 45.1 Å². The lowest BCUT2D eigenvalue weighted by atomic mass is 10.1. The van der Waals surface area contributed by atoms with Gasteiger partial charge in [0.25, 0.3) is 0 Å². The van der Waals surface area contributed by atoms with Gasteiger partial charge in [-0.15, -0.1) is 0 Å². The summed E-state index contributed by atoms with van der Waals surface area (Å²) < 4.78 is 10.7. The molecule has 164 valence electrons. The molecule has 3 rings (SSSR count). The van der Waals surface area contributed by atoms with E-state index in [1.54, 1.807) is 14.2 Å². The Balaban J connectivity index is 1.56. The molecule has 1 aliphatic rings. The highest BCUT2D eigenvalue weighted by Gasteiger charge is 2.24. The molecule has 1 aromatic heterocycles. The second-order valence-corrected chi connectivity index (χ2v) is 7.87. The maximum absolute atomic E-state index is 5.43. The molecule has 2 aromatic rings. The Morgan fingerprint density at radius 1 is 1.27 bits per heavy atom. The van der Waals surface area contributed by atoms with Crippen molar-refractivity contribution in [3.05, 3.63) is 41.5 Å². The first-order valence-corrected chi connectivity index (χ1v) is 10.8. The summed E-state index contributed by atoms with van der Waals surface area (Å²) in [5.41, 5.74) is 1.26. The molecule has 1 atom stereocenters. The van der Waals surface area contributed by atoms with Gasteiger partial charge in [-0.05, 0) is 43.6 Å².